The number of aliphatic hydroxyl groups excluding tert-OH is 2. The molecule has 266 valence electrons. The molecule has 1 aromatic carbocycles. The number of benzene rings is 1. The van der Waals surface area contributed by atoms with Gasteiger partial charge < -0.3 is 19.8 Å². The van der Waals surface area contributed by atoms with Crippen molar-refractivity contribution in [2.45, 2.75) is 101 Å². The highest BCUT2D eigenvalue weighted by Gasteiger charge is 2.44. The van der Waals surface area contributed by atoms with Crippen LogP contribution in [0.2, 0.25) is 0 Å². The lowest BCUT2D eigenvalue weighted by Crippen LogP contribution is -2.36. The van der Waals surface area contributed by atoms with Crippen molar-refractivity contribution in [3.8, 4) is 5.75 Å². The summed E-state index contributed by atoms with van der Waals surface area (Å²) in [6, 6.07) is 3.96. The molecular formula is C36H42F6N4O3. The van der Waals surface area contributed by atoms with Crippen molar-refractivity contribution >= 4 is 5.95 Å². The average Bonchev–Trinajstić information content (AvgIpc) is 3.06. The van der Waals surface area contributed by atoms with Crippen molar-refractivity contribution in [3.63, 3.8) is 0 Å². The van der Waals surface area contributed by atoms with Crippen LogP contribution in [0.4, 0.5) is 32.3 Å². The molecule has 3 heterocycles. The predicted octanol–water partition coefficient (Wildman–Crippen LogP) is 8.00. The summed E-state index contributed by atoms with van der Waals surface area (Å²) in [6.45, 7) is 5.04. The first kappa shape index (κ1) is 35.4. The van der Waals surface area contributed by atoms with Crippen molar-refractivity contribution < 1.29 is 41.3 Å². The molecule has 0 radical (unpaired) electrons. The Bertz CT molecular complexity index is 1600. The Morgan fingerprint density at radius 1 is 0.959 bits per heavy atom. The van der Waals surface area contributed by atoms with Gasteiger partial charge in [-0.3, -0.25) is 4.98 Å². The summed E-state index contributed by atoms with van der Waals surface area (Å²) in [4.78, 5) is 15.9. The van der Waals surface area contributed by atoms with Crippen LogP contribution in [0.5, 0.6) is 5.75 Å². The lowest BCUT2D eigenvalue weighted by atomic mass is 9.68. The van der Waals surface area contributed by atoms with Crippen LogP contribution in [0, 0.1) is 5.41 Å². The maximum atomic E-state index is 17.2. The van der Waals surface area contributed by atoms with Gasteiger partial charge in [-0.05, 0) is 73.1 Å². The van der Waals surface area contributed by atoms with Crippen LogP contribution in [0.15, 0.2) is 36.7 Å². The minimum atomic E-state index is -4.59. The van der Waals surface area contributed by atoms with Gasteiger partial charge in [0.1, 0.15) is 6.61 Å². The molecule has 1 unspecified atom stereocenters. The number of ether oxygens (including phenoxy) is 1. The molecule has 0 bridgehead atoms. The van der Waals surface area contributed by atoms with Gasteiger partial charge in [-0.15, -0.1) is 0 Å². The normalized spacial score (nSPS) is 22.1. The van der Waals surface area contributed by atoms with E-state index in [1.54, 1.807) is 0 Å². The van der Waals surface area contributed by atoms with Gasteiger partial charge in [-0.1, -0.05) is 26.0 Å². The van der Waals surface area contributed by atoms with Gasteiger partial charge in [0.15, 0.2) is 11.9 Å². The summed E-state index contributed by atoms with van der Waals surface area (Å²) in [5.41, 5.74) is 1.13. The van der Waals surface area contributed by atoms with E-state index >= 15 is 4.39 Å². The van der Waals surface area contributed by atoms with Crippen molar-refractivity contribution in [1.82, 2.24) is 15.0 Å². The van der Waals surface area contributed by atoms with E-state index in [9.17, 15) is 27.1 Å². The third kappa shape index (κ3) is 7.67. The highest BCUT2D eigenvalue weighted by atomic mass is 19.4. The smallest absolute Gasteiger partial charge is 0.416 e. The molecule has 7 nitrogen and oxygen atoms in total. The lowest BCUT2D eigenvalue weighted by molar-refractivity contribution is -0.137. The maximum absolute atomic E-state index is 17.2. The Balaban J connectivity index is 1.42. The maximum Gasteiger partial charge on any atom is 0.416 e. The van der Waals surface area contributed by atoms with Gasteiger partial charge >= 0.3 is 6.18 Å². The standard InChI is InChI=1S/C36H42F6N4O3/c1-34(2)17-26-29(27(48)18-34)28(21-7-11-35(38,39)12-8-21)30(31(37)22-3-5-24(6-4-22)36(40,41)42)32(45-26)23-9-13-46(14-10-23)33-43-19-25(20-44-33)49-16-15-47/h3-6,19-21,23,27,31,47-48H,7-18H2,1-2H3/t27-,31?/m0/s1. The van der Waals surface area contributed by atoms with E-state index in [-0.39, 0.29) is 61.4 Å². The first-order chi connectivity index (χ1) is 23.2. The fourth-order valence-corrected chi connectivity index (χ4v) is 7.78. The van der Waals surface area contributed by atoms with Crippen molar-refractivity contribution in [2.75, 3.05) is 31.2 Å². The Morgan fingerprint density at radius 3 is 2.18 bits per heavy atom. The molecular weight excluding hydrogens is 650 g/mol. The molecule has 0 amide bonds. The van der Waals surface area contributed by atoms with Crippen LogP contribution >= 0.6 is 0 Å². The molecule has 3 aliphatic rings. The van der Waals surface area contributed by atoms with E-state index in [2.05, 4.69) is 9.97 Å². The number of fused-ring (bicyclic) bond motifs is 1. The number of aromatic nitrogens is 3. The average molecular weight is 693 g/mol. The number of alkyl halides is 6. The number of aliphatic hydroxyl groups is 2. The number of anilines is 1. The molecule has 1 aliphatic heterocycles. The quantitative estimate of drug-likeness (QED) is 0.231. The van der Waals surface area contributed by atoms with Gasteiger partial charge in [0.25, 0.3) is 0 Å². The Hall–Kier alpha value is -3.45. The summed E-state index contributed by atoms with van der Waals surface area (Å²) in [7, 11) is 0. The molecule has 13 heteroatoms. The number of pyridine rings is 1. The van der Waals surface area contributed by atoms with E-state index in [0.717, 1.165) is 24.3 Å². The van der Waals surface area contributed by atoms with Crippen LogP contribution in [0.1, 0.15) is 122 Å². The summed E-state index contributed by atoms with van der Waals surface area (Å²) in [5.74, 6) is -2.65. The molecule has 2 N–H and O–H groups in total. The van der Waals surface area contributed by atoms with Crippen LogP contribution in [-0.2, 0) is 12.6 Å². The first-order valence-electron chi connectivity index (χ1n) is 16.9. The minimum Gasteiger partial charge on any atom is -0.488 e. The third-order valence-electron chi connectivity index (χ3n) is 10.2. The summed E-state index contributed by atoms with van der Waals surface area (Å²) < 4.78 is 91.7. The van der Waals surface area contributed by atoms with E-state index in [1.807, 2.05) is 18.7 Å². The predicted molar refractivity (Wildman–Crippen MR) is 171 cm³/mol. The highest BCUT2D eigenvalue weighted by Crippen LogP contribution is 2.52. The second-order valence-electron chi connectivity index (χ2n) is 14.4. The number of halogens is 6. The second kappa shape index (κ2) is 13.7. The van der Waals surface area contributed by atoms with Crippen LogP contribution in [-0.4, -0.2) is 57.4 Å². The summed E-state index contributed by atoms with van der Waals surface area (Å²) in [6.07, 6.45) is -2.99. The van der Waals surface area contributed by atoms with Crippen LogP contribution in [0.25, 0.3) is 0 Å². The Labute approximate surface area is 281 Å². The molecule has 2 atom stereocenters. The van der Waals surface area contributed by atoms with Gasteiger partial charge in [0.05, 0.1) is 36.4 Å². The molecule has 2 aromatic heterocycles. The monoisotopic (exact) mass is 692 g/mol. The SMILES string of the molecule is CC1(C)Cc2nc(C3CCN(c4ncc(OCCO)cn4)CC3)c(C(F)c3ccc(C(F)(F)F)cc3)c(C3CCC(F)(F)CC3)c2[C@@H](O)C1. The number of piperidine rings is 1. The third-order valence-corrected chi connectivity index (χ3v) is 10.2. The van der Waals surface area contributed by atoms with Gasteiger partial charge in [-0.2, -0.15) is 13.2 Å². The molecule has 2 aliphatic carbocycles. The molecule has 1 saturated heterocycles. The highest BCUT2D eigenvalue weighted by molar-refractivity contribution is 5.51. The molecule has 3 aromatic rings. The zero-order valence-electron chi connectivity index (χ0n) is 27.6. The van der Waals surface area contributed by atoms with Gasteiger partial charge in [0.2, 0.25) is 11.9 Å². The zero-order valence-corrected chi connectivity index (χ0v) is 27.6. The fraction of sp³-hybridized carbons (Fsp3) is 0.583. The Kier molecular flexibility index (Phi) is 9.89. The van der Waals surface area contributed by atoms with Crippen LogP contribution < -0.4 is 9.64 Å². The van der Waals surface area contributed by atoms with Gasteiger partial charge in [-0.25, -0.2) is 23.1 Å². The summed E-state index contributed by atoms with van der Waals surface area (Å²) >= 11 is 0. The number of rotatable bonds is 8. The van der Waals surface area contributed by atoms with Gasteiger partial charge in [0, 0.05) is 48.7 Å². The van der Waals surface area contributed by atoms with E-state index < -0.39 is 35.9 Å². The van der Waals surface area contributed by atoms with E-state index in [0.29, 0.717) is 73.0 Å². The van der Waals surface area contributed by atoms with Crippen LogP contribution in [0.3, 0.4) is 0 Å². The molecule has 49 heavy (non-hydrogen) atoms. The molecule has 6 rings (SSSR count). The minimum absolute atomic E-state index is 0.0124. The van der Waals surface area contributed by atoms with E-state index in [4.69, 9.17) is 14.8 Å². The fourth-order valence-electron chi connectivity index (χ4n) is 7.78. The second-order valence-corrected chi connectivity index (χ2v) is 14.4. The van der Waals surface area contributed by atoms with Crippen molar-refractivity contribution in [1.29, 1.82) is 0 Å². The van der Waals surface area contributed by atoms with Crippen molar-refractivity contribution in [2.24, 2.45) is 5.41 Å². The zero-order chi connectivity index (χ0) is 35.1. The summed E-state index contributed by atoms with van der Waals surface area (Å²) in [5, 5.41) is 20.6. The number of hydrogen-bond acceptors (Lipinski definition) is 7. The molecule has 0 spiro atoms. The molecule has 2 fully saturated rings. The first-order valence-corrected chi connectivity index (χ1v) is 16.9. The number of nitrogens with zero attached hydrogens (tertiary/aromatic N) is 4. The van der Waals surface area contributed by atoms with Crippen molar-refractivity contribution in [3.05, 3.63) is 75.9 Å². The Morgan fingerprint density at radius 2 is 1.59 bits per heavy atom. The van der Waals surface area contributed by atoms with E-state index in [1.165, 1.54) is 12.4 Å². The topological polar surface area (TPSA) is 91.6 Å². The number of hydrogen-bond donors (Lipinski definition) is 2. The lowest BCUT2D eigenvalue weighted by Gasteiger charge is -2.41. The molecule has 1 saturated carbocycles. The largest absolute Gasteiger partial charge is 0.488 e.